The number of ether oxygens (including phenoxy) is 1. The first-order valence-corrected chi connectivity index (χ1v) is 10.4. The highest BCUT2D eigenvalue weighted by molar-refractivity contribution is 7.91. The molecule has 0 bridgehead atoms. The number of carbonyl (C=O) groups excluding carboxylic acids is 1. The number of rotatable bonds is 4. The summed E-state index contributed by atoms with van der Waals surface area (Å²) < 4.78 is 30.7. The summed E-state index contributed by atoms with van der Waals surface area (Å²) in [5.41, 5.74) is 2.55. The van der Waals surface area contributed by atoms with Gasteiger partial charge in [-0.05, 0) is 18.1 Å². The van der Waals surface area contributed by atoms with Crippen molar-refractivity contribution >= 4 is 26.7 Å². The molecule has 1 unspecified atom stereocenters. The van der Waals surface area contributed by atoms with E-state index in [1.807, 2.05) is 59.2 Å². The van der Waals surface area contributed by atoms with Gasteiger partial charge in [-0.25, -0.2) is 13.2 Å². The molecule has 2 aromatic carbocycles. The molecule has 0 saturated carbocycles. The lowest BCUT2D eigenvalue weighted by atomic mass is 10.2. The van der Waals surface area contributed by atoms with Crippen LogP contribution in [0.3, 0.4) is 0 Å². The van der Waals surface area contributed by atoms with Gasteiger partial charge in [0.15, 0.2) is 9.84 Å². The van der Waals surface area contributed by atoms with Crippen LogP contribution < -0.4 is 0 Å². The van der Waals surface area contributed by atoms with Crippen molar-refractivity contribution in [3.63, 3.8) is 0 Å². The molecule has 1 fully saturated rings. The highest BCUT2D eigenvalue weighted by atomic mass is 32.2. The zero-order chi connectivity index (χ0) is 18.1. The van der Waals surface area contributed by atoms with Gasteiger partial charge in [0.25, 0.3) is 0 Å². The van der Waals surface area contributed by atoms with Crippen molar-refractivity contribution in [3.8, 4) is 0 Å². The van der Waals surface area contributed by atoms with Crippen LogP contribution in [0.4, 0.5) is 0 Å². The summed E-state index contributed by atoms with van der Waals surface area (Å²) in [6, 6.07) is 17.7. The summed E-state index contributed by atoms with van der Waals surface area (Å²) in [4.78, 5) is 12.7. The molecule has 6 heteroatoms. The van der Waals surface area contributed by atoms with Gasteiger partial charge in [-0.15, -0.1) is 0 Å². The van der Waals surface area contributed by atoms with Crippen molar-refractivity contribution in [2.75, 3.05) is 11.5 Å². The lowest BCUT2D eigenvalue weighted by Crippen LogP contribution is -2.19. The molecule has 0 radical (unpaired) electrons. The largest absolute Gasteiger partial charge is 0.458 e. The van der Waals surface area contributed by atoms with Crippen LogP contribution in [0.5, 0.6) is 0 Å². The third-order valence-electron chi connectivity index (χ3n) is 4.67. The van der Waals surface area contributed by atoms with E-state index in [0.717, 1.165) is 16.5 Å². The molecule has 26 heavy (non-hydrogen) atoms. The fourth-order valence-electron chi connectivity index (χ4n) is 3.39. The summed E-state index contributed by atoms with van der Waals surface area (Å²) >= 11 is 0. The Morgan fingerprint density at radius 1 is 1.08 bits per heavy atom. The molecule has 1 saturated heterocycles. The zero-order valence-electron chi connectivity index (χ0n) is 14.2. The van der Waals surface area contributed by atoms with Crippen molar-refractivity contribution in [1.82, 2.24) is 4.57 Å². The Hall–Kier alpha value is -2.60. The average molecular weight is 369 g/mol. The molecule has 0 spiro atoms. The predicted molar refractivity (Wildman–Crippen MR) is 100.0 cm³/mol. The van der Waals surface area contributed by atoms with Crippen LogP contribution in [-0.4, -0.2) is 36.6 Å². The van der Waals surface area contributed by atoms with Crippen LogP contribution in [-0.2, 0) is 21.1 Å². The topological polar surface area (TPSA) is 65.4 Å². The van der Waals surface area contributed by atoms with Gasteiger partial charge in [0.2, 0.25) is 0 Å². The Bertz CT molecular complexity index is 1050. The van der Waals surface area contributed by atoms with Crippen LogP contribution in [0.1, 0.15) is 22.3 Å². The fraction of sp³-hybridized carbons (Fsp3) is 0.250. The van der Waals surface area contributed by atoms with Gasteiger partial charge in [0.1, 0.15) is 6.10 Å². The molecule has 1 aliphatic rings. The summed E-state index contributed by atoms with van der Waals surface area (Å²) in [5, 5.41) is 0.814. The predicted octanol–water partition coefficient (Wildman–Crippen LogP) is 3.03. The number of hydrogen-bond donors (Lipinski definition) is 0. The lowest BCUT2D eigenvalue weighted by Gasteiger charge is -2.09. The van der Waals surface area contributed by atoms with Crippen LogP contribution in [0.15, 0.2) is 60.8 Å². The number of sulfone groups is 1. The molecule has 2 heterocycles. The Morgan fingerprint density at radius 2 is 1.81 bits per heavy atom. The minimum atomic E-state index is -3.08. The van der Waals surface area contributed by atoms with E-state index >= 15 is 0 Å². The van der Waals surface area contributed by atoms with E-state index < -0.39 is 21.9 Å². The van der Waals surface area contributed by atoms with Crippen LogP contribution in [0, 0.1) is 0 Å². The molecule has 1 atom stereocenters. The zero-order valence-corrected chi connectivity index (χ0v) is 15.0. The molecule has 5 nitrogen and oxygen atoms in total. The molecule has 3 aromatic rings. The van der Waals surface area contributed by atoms with Crippen molar-refractivity contribution in [2.45, 2.75) is 19.1 Å². The second-order valence-electron chi connectivity index (χ2n) is 6.60. The number of hydrogen-bond acceptors (Lipinski definition) is 4. The SMILES string of the molecule is O=C(OC1CCS(=O)(=O)C1)c1cn(Cc2ccccc2)c2ccccc12. The summed E-state index contributed by atoms with van der Waals surface area (Å²) in [7, 11) is -3.08. The first kappa shape index (κ1) is 16.8. The summed E-state index contributed by atoms with van der Waals surface area (Å²) in [6.07, 6.45) is 1.61. The molecule has 134 valence electrons. The van der Waals surface area contributed by atoms with E-state index in [0.29, 0.717) is 18.5 Å². The van der Waals surface area contributed by atoms with Crippen molar-refractivity contribution in [1.29, 1.82) is 0 Å². The van der Waals surface area contributed by atoms with Gasteiger partial charge >= 0.3 is 5.97 Å². The molecular formula is C20H19NO4S. The number of aromatic nitrogens is 1. The smallest absolute Gasteiger partial charge is 0.340 e. The van der Waals surface area contributed by atoms with Gasteiger partial charge in [-0.2, -0.15) is 0 Å². The minimum absolute atomic E-state index is 0.0819. The third kappa shape index (κ3) is 3.37. The maximum atomic E-state index is 12.7. The number of carbonyl (C=O) groups is 1. The van der Waals surface area contributed by atoms with Gasteiger partial charge in [-0.3, -0.25) is 0 Å². The van der Waals surface area contributed by atoms with Crippen molar-refractivity contribution in [2.24, 2.45) is 0 Å². The number of nitrogens with zero attached hydrogens (tertiary/aromatic N) is 1. The first-order valence-electron chi connectivity index (χ1n) is 8.55. The number of para-hydroxylation sites is 1. The van der Waals surface area contributed by atoms with E-state index in [4.69, 9.17) is 4.74 Å². The second kappa shape index (κ2) is 6.61. The number of fused-ring (bicyclic) bond motifs is 1. The molecule has 0 amide bonds. The summed E-state index contributed by atoms with van der Waals surface area (Å²) in [5.74, 6) is -0.461. The Labute approximate surface area is 152 Å². The summed E-state index contributed by atoms with van der Waals surface area (Å²) in [6.45, 7) is 0.645. The van der Waals surface area contributed by atoms with E-state index in [2.05, 4.69) is 0 Å². The van der Waals surface area contributed by atoms with E-state index in [1.54, 1.807) is 6.20 Å². The molecule has 4 rings (SSSR count). The molecular weight excluding hydrogens is 350 g/mol. The molecule has 0 N–H and O–H groups in total. The minimum Gasteiger partial charge on any atom is -0.458 e. The number of esters is 1. The van der Waals surface area contributed by atoms with Gasteiger partial charge in [-0.1, -0.05) is 48.5 Å². The van der Waals surface area contributed by atoms with Crippen LogP contribution in [0.25, 0.3) is 10.9 Å². The van der Waals surface area contributed by atoms with Crippen LogP contribution >= 0.6 is 0 Å². The third-order valence-corrected chi connectivity index (χ3v) is 6.41. The van der Waals surface area contributed by atoms with Gasteiger partial charge in [0.05, 0.1) is 17.1 Å². The molecule has 1 aromatic heterocycles. The Kier molecular flexibility index (Phi) is 4.28. The normalized spacial score (nSPS) is 18.8. The second-order valence-corrected chi connectivity index (χ2v) is 8.83. The highest BCUT2D eigenvalue weighted by Crippen LogP contribution is 2.25. The van der Waals surface area contributed by atoms with Gasteiger partial charge in [0, 0.05) is 23.6 Å². The van der Waals surface area contributed by atoms with E-state index in [9.17, 15) is 13.2 Å². The molecule has 1 aliphatic heterocycles. The standard InChI is InChI=1S/C20H19NO4S/c22-20(25-16-10-11-26(23,24)14-16)18-13-21(12-15-6-2-1-3-7-15)19-9-5-4-8-17(18)19/h1-9,13,16H,10-12,14H2. The maximum Gasteiger partial charge on any atom is 0.340 e. The maximum absolute atomic E-state index is 12.7. The van der Waals surface area contributed by atoms with Gasteiger partial charge < -0.3 is 9.30 Å². The average Bonchev–Trinajstić information content (AvgIpc) is 3.16. The Morgan fingerprint density at radius 3 is 2.54 bits per heavy atom. The first-order chi connectivity index (χ1) is 12.5. The quantitative estimate of drug-likeness (QED) is 0.663. The van der Waals surface area contributed by atoms with Crippen LogP contribution in [0.2, 0.25) is 0 Å². The van der Waals surface area contributed by atoms with E-state index in [-0.39, 0.29) is 11.5 Å². The Balaban J connectivity index is 1.64. The van der Waals surface area contributed by atoms with Crippen molar-refractivity contribution < 1.29 is 17.9 Å². The lowest BCUT2D eigenvalue weighted by molar-refractivity contribution is 0.0358. The monoisotopic (exact) mass is 369 g/mol. The molecule has 0 aliphatic carbocycles. The number of benzene rings is 2. The highest BCUT2D eigenvalue weighted by Gasteiger charge is 2.31. The van der Waals surface area contributed by atoms with E-state index in [1.165, 1.54) is 0 Å². The van der Waals surface area contributed by atoms with Crippen molar-refractivity contribution in [3.05, 3.63) is 71.9 Å². The fourth-order valence-corrected chi connectivity index (χ4v) is 4.98.